The molecule has 0 bridgehead atoms. The molecule has 2 amide bonds. The van der Waals surface area contributed by atoms with Crippen LogP contribution in [0.3, 0.4) is 0 Å². The maximum atomic E-state index is 12.3. The summed E-state index contributed by atoms with van der Waals surface area (Å²) in [6.07, 6.45) is 1.61. The molecular weight excluding hydrogens is 280 g/mol. The molecular formula is C17H24N2O3. The maximum absolute atomic E-state index is 12.3. The SMILES string of the molecule is CCC(CC)NC(=O)CCN1C(=O)C(C)Oc2ccccc21. The standard InChI is InChI=1S/C17H24N2O3/c1-4-13(5-2)18-16(20)10-11-19-14-8-6-7-9-15(14)22-12(3)17(19)21/h6-9,12-13H,4-5,10-11H2,1-3H3,(H,18,20). The first kappa shape index (κ1) is 16.3. The lowest BCUT2D eigenvalue weighted by atomic mass is 10.1. The van der Waals surface area contributed by atoms with Gasteiger partial charge in [-0.05, 0) is 31.9 Å². The third-order valence-corrected chi connectivity index (χ3v) is 3.99. The number of hydrogen-bond donors (Lipinski definition) is 1. The number of nitrogens with one attached hydrogen (secondary N) is 1. The third kappa shape index (κ3) is 3.59. The Morgan fingerprint density at radius 3 is 2.68 bits per heavy atom. The van der Waals surface area contributed by atoms with Crippen LogP contribution in [0, 0.1) is 0 Å². The lowest BCUT2D eigenvalue weighted by Gasteiger charge is -2.32. The first-order chi connectivity index (χ1) is 10.6. The zero-order chi connectivity index (χ0) is 16.1. The zero-order valence-corrected chi connectivity index (χ0v) is 13.5. The molecule has 5 nitrogen and oxygen atoms in total. The number of amides is 2. The molecule has 0 fully saturated rings. The Balaban J connectivity index is 2.02. The molecule has 1 unspecified atom stereocenters. The molecule has 1 N–H and O–H groups in total. The molecule has 1 atom stereocenters. The van der Waals surface area contributed by atoms with Crippen molar-refractivity contribution in [2.24, 2.45) is 0 Å². The molecule has 0 radical (unpaired) electrons. The fraction of sp³-hybridized carbons (Fsp3) is 0.529. The van der Waals surface area contributed by atoms with Gasteiger partial charge in [0.1, 0.15) is 5.75 Å². The average Bonchev–Trinajstić information content (AvgIpc) is 2.53. The topological polar surface area (TPSA) is 58.6 Å². The van der Waals surface area contributed by atoms with E-state index >= 15 is 0 Å². The van der Waals surface area contributed by atoms with Crippen LogP contribution in [0.2, 0.25) is 0 Å². The van der Waals surface area contributed by atoms with Crippen molar-refractivity contribution in [3.05, 3.63) is 24.3 Å². The molecule has 0 saturated heterocycles. The van der Waals surface area contributed by atoms with Crippen LogP contribution in [0.4, 0.5) is 5.69 Å². The van der Waals surface area contributed by atoms with E-state index in [1.807, 2.05) is 24.3 Å². The number of para-hydroxylation sites is 2. The van der Waals surface area contributed by atoms with Crippen molar-refractivity contribution >= 4 is 17.5 Å². The summed E-state index contributed by atoms with van der Waals surface area (Å²) in [5.74, 6) is 0.571. The number of nitrogens with zero attached hydrogens (tertiary/aromatic N) is 1. The Morgan fingerprint density at radius 1 is 1.32 bits per heavy atom. The van der Waals surface area contributed by atoms with Crippen LogP contribution in [0.5, 0.6) is 5.75 Å². The van der Waals surface area contributed by atoms with Gasteiger partial charge in [0.05, 0.1) is 5.69 Å². The average molecular weight is 304 g/mol. The van der Waals surface area contributed by atoms with E-state index in [1.165, 1.54) is 0 Å². The Labute approximate surface area is 131 Å². The maximum Gasteiger partial charge on any atom is 0.267 e. The number of rotatable bonds is 6. The van der Waals surface area contributed by atoms with E-state index in [-0.39, 0.29) is 17.9 Å². The summed E-state index contributed by atoms with van der Waals surface area (Å²) in [5.41, 5.74) is 0.737. The molecule has 1 heterocycles. The van der Waals surface area contributed by atoms with Crippen molar-refractivity contribution < 1.29 is 14.3 Å². The first-order valence-corrected chi connectivity index (χ1v) is 7.93. The van der Waals surface area contributed by atoms with Crippen molar-refractivity contribution in [1.29, 1.82) is 0 Å². The van der Waals surface area contributed by atoms with E-state index in [2.05, 4.69) is 19.2 Å². The van der Waals surface area contributed by atoms with Gasteiger partial charge in [-0.2, -0.15) is 0 Å². The van der Waals surface area contributed by atoms with E-state index in [9.17, 15) is 9.59 Å². The second kappa shape index (κ2) is 7.29. The molecule has 1 aromatic rings. The van der Waals surface area contributed by atoms with Gasteiger partial charge in [-0.15, -0.1) is 0 Å². The Kier molecular flexibility index (Phi) is 5.41. The number of carbonyl (C=O) groups excluding carboxylic acids is 2. The molecule has 1 aliphatic heterocycles. The third-order valence-electron chi connectivity index (χ3n) is 3.99. The molecule has 2 rings (SSSR count). The Hall–Kier alpha value is -2.04. The second-order valence-electron chi connectivity index (χ2n) is 5.55. The molecule has 22 heavy (non-hydrogen) atoms. The fourth-order valence-corrected chi connectivity index (χ4v) is 2.60. The summed E-state index contributed by atoms with van der Waals surface area (Å²) in [5, 5.41) is 3.00. The van der Waals surface area contributed by atoms with Crippen LogP contribution in [0.25, 0.3) is 0 Å². The van der Waals surface area contributed by atoms with Gasteiger partial charge >= 0.3 is 0 Å². The van der Waals surface area contributed by atoms with E-state index in [0.29, 0.717) is 18.7 Å². The monoisotopic (exact) mass is 304 g/mol. The Morgan fingerprint density at radius 2 is 2.00 bits per heavy atom. The normalized spacial score (nSPS) is 17.2. The first-order valence-electron chi connectivity index (χ1n) is 7.93. The van der Waals surface area contributed by atoms with E-state index in [4.69, 9.17) is 4.74 Å². The van der Waals surface area contributed by atoms with E-state index < -0.39 is 6.10 Å². The highest BCUT2D eigenvalue weighted by Gasteiger charge is 2.31. The van der Waals surface area contributed by atoms with Crippen LogP contribution in [0.1, 0.15) is 40.0 Å². The van der Waals surface area contributed by atoms with Crippen molar-refractivity contribution in [3.8, 4) is 5.75 Å². The number of carbonyl (C=O) groups is 2. The number of hydrogen-bond acceptors (Lipinski definition) is 3. The van der Waals surface area contributed by atoms with Crippen molar-refractivity contribution in [1.82, 2.24) is 5.32 Å². The number of anilines is 1. The predicted octanol–water partition coefficient (Wildman–Crippen LogP) is 2.50. The van der Waals surface area contributed by atoms with Gasteiger partial charge in [0.25, 0.3) is 5.91 Å². The number of benzene rings is 1. The largest absolute Gasteiger partial charge is 0.479 e. The van der Waals surface area contributed by atoms with Crippen molar-refractivity contribution in [2.75, 3.05) is 11.4 Å². The highest BCUT2D eigenvalue weighted by Crippen LogP contribution is 2.33. The highest BCUT2D eigenvalue weighted by molar-refractivity contribution is 6.00. The van der Waals surface area contributed by atoms with Crippen LogP contribution in [-0.4, -0.2) is 30.5 Å². The zero-order valence-electron chi connectivity index (χ0n) is 13.5. The molecule has 0 saturated carbocycles. The van der Waals surface area contributed by atoms with Crippen LogP contribution in [-0.2, 0) is 9.59 Å². The van der Waals surface area contributed by atoms with Gasteiger partial charge in [0.15, 0.2) is 6.10 Å². The van der Waals surface area contributed by atoms with E-state index in [0.717, 1.165) is 18.5 Å². The smallest absolute Gasteiger partial charge is 0.267 e. The molecule has 0 aliphatic carbocycles. The highest BCUT2D eigenvalue weighted by atomic mass is 16.5. The van der Waals surface area contributed by atoms with Gasteiger partial charge in [0.2, 0.25) is 5.91 Å². The van der Waals surface area contributed by atoms with Crippen molar-refractivity contribution in [3.63, 3.8) is 0 Å². The lowest BCUT2D eigenvalue weighted by Crippen LogP contribution is -2.46. The van der Waals surface area contributed by atoms with Crippen LogP contribution in [0.15, 0.2) is 24.3 Å². The van der Waals surface area contributed by atoms with Gasteiger partial charge < -0.3 is 15.0 Å². The number of ether oxygens (including phenoxy) is 1. The summed E-state index contributed by atoms with van der Waals surface area (Å²) >= 11 is 0. The van der Waals surface area contributed by atoms with Gasteiger partial charge in [-0.3, -0.25) is 9.59 Å². The van der Waals surface area contributed by atoms with Crippen LogP contribution >= 0.6 is 0 Å². The Bertz CT molecular complexity index is 540. The minimum atomic E-state index is -0.517. The fourth-order valence-electron chi connectivity index (χ4n) is 2.60. The summed E-state index contributed by atoms with van der Waals surface area (Å²) < 4.78 is 5.59. The molecule has 120 valence electrons. The number of fused-ring (bicyclic) bond motifs is 1. The summed E-state index contributed by atoms with van der Waals surface area (Å²) in [6, 6.07) is 7.63. The molecule has 0 aromatic heterocycles. The van der Waals surface area contributed by atoms with Gasteiger partial charge in [-0.1, -0.05) is 26.0 Å². The lowest BCUT2D eigenvalue weighted by molar-refractivity contribution is -0.125. The second-order valence-corrected chi connectivity index (χ2v) is 5.55. The van der Waals surface area contributed by atoms with Gasteiger partial charge in [0, 0.05) is 19.0 Å². The summed E-state index contributed by atoms with van der Waals surface area (Å²) in [4.78, 5) is 26.0. The van der Waals surface area contributed by atoms with Crippen molar-refractivity contribution in [2.45, 2.75) is 52.2 Å². The summed E-state index contributed by atoms with van der Waals surface area (Å²) in [6.45, 7) is 6.21. The minimum Gasteiger partial charge on any atom is -0.479 e. The predicted molar refractivity (Wildman–Crippen MR) is 86.0 cm³/mol. The van der Waals surface area contributed by atoms with E-state index in [1.54, 1.807) is 11.8 Å². The molecule has 5 heteroatoms. The quantitative estimate of drug-likeness (QED) is 0.878. The molecule has 1 aromatic carbocycles. The molecule has 0 spiro atoms. The molecule has 1 aliphatic rings. The minimum absolute atomic E-state index is 0.0156. The van der Waals surface area contributed by atoms with Crippen LogP contribution < -0.4 is 15.0 Å². The van der Waals surface area contributed by atoms with Gasteiger partial charge in [-0.25, -0.2) is 0 Å². The summed E-state index contributed by atoms with van der Waals surface area (Å²) in [7, 11) is 0.